The molecule has 0 aliphatic carbocycles. The predicted octanol–water partition coefficient (Wildman–Crippen LogP) is 4.11. The number of carbonyl (C=O) groups excluding carboxylic acids is 1. The lowest BCUT2D eigenvalue weighted by atomic mass is 10.1. The largest absolute Gasteiger partial charge is 0.444 e. The quantitative estimate of drug-likeness (QED) is 0.632. The van der Waals surface area contributed by atoms with E-state index in [-0.39, 0.29) is 48.9 Å². The summed E-state index contributed by atoms with van der Waals surface area (Å²) in [6, 6.07) is 10.9. The van der Waals surface area contributed by atoms with Crippen molar-refractivity contribution in [3.63, 3.8) is 0 Å². The molecule has 0 aromatic heterocycles. The van der Waals surface area contributed by atoms with Crippen LogP contribution in [0.1, 0.15) is 37.5 Å². The molecule has 0 radical (unpaired) electrons. The van der Waals surface area contributed by atoms with Crippen LogP contribution in [0.2, 0.25) is 0 Å². The minimum atomic E-state index is -4.55. The van der Waals surface area contributed by atoms with Crippen LogP contribution in [0.15, 0.2) is 47.4 Å². The van der Waals surface area contributed by atoms with Gasteiger partial charge in [-0.05, 0) is 56.7 Å². The number of nitrogens with one attached hydrogen (secondary N) is 1. The van der Waals surface area contributed by atoms with Crippen LogP contribution >= 0.6 is 0 Å². The second kappa shape index (κ2) is 10.4. The van der Waals surface area contributed by atoms with Crippen LogP contribution in [0.5, 0.6) is 0 Å². The van der Waals surface area contributed by atoms with Gasteiger partial charge in [-0.25, -0.2) is 13.2 Å². The van der Waals surface area contributed by atoms with E-state index in [1.54, 1.807) is 37.8 Å². The van der Waals surface area contributed by atoms with Crippen molar-refractivity contribution in [2.45, 2.75) is 44.0 Å². The molecule has 3 rings (SSSR count). The van der Waals surface area contributed by atoms with Crippen LogP contribution in [-0.2, 0) is 27.5 Å². The number of hydrogen-bond acceptors (Lipinski definition) is 6. The van der Waals surface area contributed by atoms with Crippen molar-refractivity contribution in [1.82, 2.24) is 9.62 Å². The number of alkyl carbamates (subject to hydrolysis) is 1. The summed E-state index contributed by atoms with van der Waals surface area (Å²) in [5.41, 5.74) is -0.601. The molecule has 2 aromatic carbocycles. The summed E-state index contributed by atoms with van der Waals surface area (Å²) in [5.74, 6) is 0. The van der Waals surface area contributed by atoms with Crippen molar-refractivity contribution in [1.29, 1.82) is 5.26 Å². The number of hydrogen-bond donors (Lipinski definition) is 1. The number of piperazine rings is 1. The molecule has 0 bridgehead atoms. The molecule has 0 atom stereocenters. The number of carbonyl (C=O) groups is 1. The van der Waals surface area contributed by atoms with Crippen LogP contribution < -0.4 is 10.2 Å². The Morgan fingerprint density at radius 3 is 2.19 bits per heavy atom. The van der Waals surface area contributed by atoms with Gasteiger partial charge in [0.1, 0.15) is 11.7 Å². The van der Waals surface area contributed by atoms with Gasteiger partial charge in [0.15, 0.2) is 0 Å². The molecule has 36 heavy (non-hydrogen) atoms. The van der Waals surface area contributed by atoms with E-state index >= 15 is 0 Å². The van der Waals surface area contributed by atoms with E-state index in [0.29, 0.717) is 5.56 Å². The summed E-state index contributed by atoms with van der Waals surface area (Å²) < 4.78 is 72.0. The molecule has 0 spiro atoms. The van der Waals surface area contributed by atoms with E-state index < -0.39 is 33.5 Å². The van der Waals surface area contributed by atoms with Crippen LogP contribution in [0.25, 0.3) is 0 Å². The van der Waals surface area contributed by atoms with Gasteiger partial charge in [-0.3, -0.25) is 0 Å². The van der Waals surface area contributed by atoms with Crippen molar-refractivity contribution in [3.8, 4) is 6.07 Å². The van der Waals surface area contributed by atoms with Crippen LogP contribution in [0, 0.1) is 11.3 Å². The molecule has 0 saturated carbocycles. The van der Waals surface area contributed by atoms with Crippen LogP contribution in [0.4, 0.5) is 23.7 Å². The van der Waals surface area contributed by atoms with E-state index in [0.717, 1.165) is 18.2 Å². The Labute approximate surface area is 208 Å². The second-order valence-corrected chi connectivity index (χ2v) is 11.2. The number of rotatable bonds is 5. The molecule has 12 heteroatoms. The number of anilines is 1. The lowest BCUT2D eigenvalue weighted by Crippen LogP contribution is -2.48. The minimum absolute atomic E-state index is 0.0470. The van der Waals surface area contributed by atoms with Gasteiger partial charge in [-0.2, -0.15) is 22.7 Å². The third kappa shape index (κ3) is 6.67. The normalized spacial score (nSPS) is 15.3. The average molecular weight is 525 g/mol. The summed E-state index contributed by atoms with van der Waals surface area (Å²) in [5, 5.41) is 11.9. The number of ether oxygens (including phenoxy) is 1. The zero-order valence-corrected chi connectivity index (χ0v) is 20.9. The Morgan fingerprint density at radius 2 is 1.67 bits per heavy atom. The molecule has 1 heterocycles. The highest BCUT2D eigenvalue weighted by Crippen LogP contribution is 2.34. The van der Waals surface area contributed by atoms with Gasteiger partial charge in [0.25, 0.3) is 0 Å². The monoisotopic (exact) mass is 524 g/mol. The van der Waals surface area contributed by atoms with Gasteiger partial charge in [-0.15, -0.1) is 0 Å². The van der Waals surface area contributed by atoms with E-state index in [1.807, 2.05) is 6.07 Å². The molecule has 0 unspecified atom stereocenters. The number of nitrogens with zero attached hydrogens (tertiary/aromatic N) is 3. The summed E-state index contributed by atoms with van der Waals surface area (Å²) in [6.07, 6.45) is -5.14. The topological polar surface area (TPSA) is 103 Å². The minimum Gasteiger partial charge on any atom is -0.444 e. The fraction of sp³-hybridized carbons (Fsp3) is 0.417. The second-order valence-electron chi connectivity index (χ2n) is 9.23. The zero-order valence-electron chi connectivity index (χ0n) is 20.1. The SMILES string of the molecule is CC(C)(C)OC(=O)NCc1ccc(S(=O)(=O)N2CCN(c3cc(C(F)(F)F)ccc3C#N)CC2)cc1. The number of halogens is 3. The first-order chi connectivity index (χ1) is 16.7. The first-order valence-electron chi connectivity index (χ1n) is 11.1. The summed E-state index contributed by atoms with van der Waals surface area (Å²) in [7, 11) is -3.84. The molecule has 8 nitrogen and oxygen atoms in total. The standard InChI is InChI=1S/C24H27F3N4O4S/c1-23(2,3)35-22(32)29-16-17-4-8-20(9-5-17)36(33,34)31-12-10-30(11-13-31)21-14-19(24(25,26)27)7-6-18(21)15-28/h4-9,14H,10-13,16H2,1-3H3,(H,29,32). The zero-order chi connectivity index (χ0) is 26.7. The maximum absolute atomic E-state index is 13.1. The fourth-order valence-corrected chi connectivity index (χ4v) is 5.07. The van der Waals surface area contributed by atoms with Crippen LogP contribution in [0.3, 0.4) is 0 Å². The first-order valence-corrected chi connectivity index (χ1v) is 12.6. The number of nitriles is 1. The van der Waals surface area contributed by atoms with Gasteiger partial charge in [0, 0.05) is 32.7 Å². The maximum atomic E-state index is 13.1. The number of sulfonamides is 1. The van der Waals surface area contributed by atoms with E-state index in [9.17, 15) is 31.6 Å². The van der Waals surface area contributed by atoms with Crippen molar-refractivity contribution < 1.29 is 31.1 Å². The molecular weight excluding hydrogens is 497 g/mol. The third-order valence-electron chi connectivity index (χ3n) is 5.42. The van der Waals surface area contributed by atoms with Crippen LogP contribution in [-0.4, -0.2) is 50.6 Å². The van der Waals surface area contributed by atoms with Gasteiger partial charge in [0.05, 0.1) is 21.7 Å². The summed E-state index contributed by atoms with van der Waals surface area (Å²) in [4.78, 5) is 13.4. The van der Waals surface area contributed by atoms with E-state index in [4.69, 9.17) is 4.74 Å². The smallest absolute Gasteiger partial charge is 0.416 e. The molecule has 1 aliphatic heterocycles. The van der Waals surface area contributed by atoms with Gasteiger partial charge in [-0.1, -0.05) is 12.1 Å². The van der Waals surface area contributed by atoms with Gasteiger partial charge >= 0.3 is 12.3 Å². The number of alkyl halides is 3. The molecule has 1 fully saturated rings. The van der Waals surface area contributed by atoms with E-state index in [1.165, 1.54) is 16.4 Å². The van der Waals surface area contributed by atoms with Crippen molar-refractivity contribution >= 4 is 21.8 Å². The van der Waals surface area contributed by atoms with E-state index in [2.05, 4.69) is 5.32 Å². The predicted molar refractivity (Wildman–Crippen MR) is 127 cm³/mol. The fourth-order valence-electron chi connectivity index (χ4n) is 3.65. The molecule has 1 amide bonds. The first kappa shape index (κ1) is 27.3. The Kier molecular flexibility index (Phi) is 7.85. The lowest BCUT2D eigenvalue weighted by molar-refractivity contribution is -0.137. The average Bonchev–Trinajstić information content (AvgIpc) is 2.81. The van der Waals surface area contributed by atoms with Crippen molar-refractivity contribution in [2.24, 2.45) is 0 Å². The Hall–Kier alpha value is -3.30. The molecule has 1 N–H and O–H groups in total. The van der Waals surface area contributed by atoms with Crippen molar-refractivity contribution in [2.75, 3.05) is 31.1 Å². The molecule has 1 aliphatic rings. The van der Waals surface area contributed by atoms with Gasteiger partial charge < -0.3 is 15.0 Å². The highest BCUT2D eigenvalue weighted by Gasteiger charge is 2.33. The lowest BCUT2D eigenvalue weighted by Gasteiger charge is -2.36. The Bertz CT molecular complexity index is 1240. The highest BCUT2D eigenvalue weighted by molar-refractivity contribution is 7.89. The highest BCUT2D eigenvalue weighted by atomic mass is 32.2. The van der Waals surface area contributed by atoms with Crippen molar-refractivity contribution in [3.05, 3.63) is 59.2 Å². The Balaban J connectivity index is 1.65. The third-order valence-corrected chi connectivity index (χ3v) is 7.33. The summed E-state index contributed by atoms with van der Waals surface area (Å²) in [6.45, 7) is 5.75. The number of benzene rings is 2. The molecule has 2 aromatic rings. The maximum Gasteiger partial charge on any atom is 0.416 e. The molecule has 1 saturated heterocycles. The van der Waals surface area contributed by atoms with Gasteiger partial charge in [0.2, 0.25) is 10.0 Å². The Morgan fingerprint density at radius 1 is 1.06 bits per heavy atom. The molecular formula is C24H27F3N4O4S. The summed E-state index contributed by atoms with van der Waals surface area (Å²) >= 11 is 0. The molecule has 194 valence electrons. The number of amides is 1.